The number of rotatable bonds is 5. The molecule has 8 aromatic rings. The second-order valence-electron chi connectivity index (χ2n) is 10.8. The molecule has 0 N–H and O–H groups in total. The highest BCUT2D eigenvalue weighted by Crippen LogP contribution is 2.37. The van der Waals surface area contributed by atoms with Crippen molar-refractivity contribution in [2.75, 3.05) is 4.90 Å². The van der Waals surface area contributed by atoms with E-state index >= 15 is 0 Å². The summed E-state index contributed by atoms with van der Waals surface area (Å²) in [6.45, 7) is 2.03. The van der Waals surface area contributed by atoms with Crippen molar-refractivity contribution in [3.63, 3.8) is 0 Å². The lowest BCUT2D eigenvalue weighted by Crippen LogP contribution is -2.10. The lowest BCUT2D eigenvalue weighted by Gasteiger charge is -2.26. The van der Waals surface area contributed by atoms with Crippen molar-refractivity contribution >= 4 is 49.9 Å². The fraction of sp³-hybridized carbons (Fsp3) is 0.0256. The van der Waals surface area contributed by atoms with Gasteiger partial charge in [-0.3, -0.25) is 0 Å². The van der Waals surface area contributed by atoms with Crippen LogP contribution in [0.15, 0.2) is 152 Å². The molecule has 0 saturated carbocycles. The van der Waals surface area contributed by atoms with Gasteiger partial charge in [-0.25, -0.2) is 9.97 Å². The zero-order valence-corrected chi connectivity index (χ0v) is 23.7. The van der Waals surface area contributed by atoms with Crippen LogP contribution in [0.25, 0.3) is 49.8 Å². The zero-order chi connectivity index (χ0) is 28.8. The van der Waals surface area contributed by atoms with Gasteiger partial charge in [0.1, 0.15) is 0 Å². The van der Waals surface area contributed by atoms with E-state index in [4.69, 9.17) is 9.97 Å². The van der Waals surface area contributed by atoms with Crippen LogP contribution in [0.5, 0.6) is 0 Å². The predicted octanol–water partition coefficient (Wildman–Crippen LogP) is 10.2. The molecule has 4 heteroatoms. The average molecular weight is 553 g/mol. The number of hydrogen-bond donors (Lipinski definition) is 0. The third kappa shape index (κ3) is 4.32. The standard InChI is InChI=1S/C39H28N4/c1-27-39(41-36-16-8-7-15-35(36)40-27)28-19-21-30(22-20-28)42(29-11-3-2-4-12-29)31-23-25-32(26-24-31)43-37-17-9-5-13-33(37)34-14-6-10-18-38(34)43/h2-26H,1H3. The van der Waals surface area contributed by atoms with Crippen molar-refractivity contribution in [2.24, 2.45) is 0 Å². The first-order valence-corrected chi connectivity index (χ1v) is 14.5. The van der Waals surface area contributed by atoms with E-state index in [1.54, 1.807) is 0 Å². The monoisotopic (exact) mass is 552 g/mol. The molecule has 6 aromatic carbocycles. The topological polar surface area (TPSA) is 34.0 Å². The molecule has 2 aromatic heterocycles. The van der Waals surface area contributed by atoms with E-state index in [-0.39, 0.29) is 0 Å². The maximum Gasteiger partial charge on any atom is 0.0922 e. The molecule has 0 aliphatic heterocycles. The summed E-state index contributed by atoms with van der Waals surface area (Å²) in [5, 5.41) is 2.53. The molecule has 0 spiro atoms. The highest BCUT2D eigenvalue weighted by atomic mass is 15.1. The second-order valence-corrected chi connectivity index (χ2v) is 10.8. The van der Waals surface area contributed by atoms with E-state index in [0.717, 1.165) is 50.7 Å². The van der Waals surface area contributed by atoms with Crippen LogP contribution in [0.2, 0.25) is 0 Å². The summed E-state index contributed by atoms with van der Waals surface area (Å²) in [5.74, 6) is 0. The summed E-state index contributed by atoms with van der Waals surface area (Å²) in [6, 6.07) is 53.2. The van der Waals surface area contributed by atoms with E-state index in [1.165, 1.54) is 21.8 Å². The molecule has 0 bridgehead atoms. The lowest BCUT2D eigenvalue weighted by molar-refractivity contribution is 1.17. The Morgan fingerprint density at radius 3 is 1.58 bits per heavy atom. The Hall–Kier alpha value is -5.74. The maximum absolute atomic E-state index is 4.93. The zero-order valence-electron chi connectivity index (χ0n) is 23.7. The number of nitrogens with zero attached hydrogens (tertiary/aromatic N) is 4. The van der Waals surface area contributed by atoms with Gasteiger partial charge in [0.25, 0.3) is 0 Å². The van der Waals surface area contributed by atoms with Crippen LogP contribution in [0.3, 0.4) is 0 Å². The number of para-hydroxylation sites is 5. The van der Waals surface area contributed by atoms with Crippen LogP contribution in [0, 0.1) is 6.92 Å². The van der Waals surface area contributed by atoms with E-state index in [0.29, 0.717) is 0 Å². The van der Waals surface area contributed by atoms with Gasteiger partial charge < -0.3 is 9.47 Å². The normalized spacial score (nSPS) is 11.4. The molecule has 0 amide bonds. The summed E-state index contributed by atoms with van der Waals surface area (Å²) in [5.41, 5.74) is 11.5. The van der Waals surface area contributed by atoms with Crippen LogP contribution in [0.4, 0.5) is 17.1 Å². The Balaban J connectivity index is 1.20. The molecule has 0 unspecified atom stereocenters. The van der Waals surface area contributed by atoms with Gasteiger partial charge in [-0.05, 0) is 79.7 Å². The number of benzene rings is 6. The molecule has 4 nitrogen and oxygen atoms in total. The first kappa shape index (κ1) is 25.0. The molecule has 43 heavy (non-hydrogen) atoms. The van der Waals surface area contributed by atoms with Gasteiger partial charge >= 0.3 is 0 Å². The first-order chi connectivity index (χ1) is 21.2. The molecule has 0 atom stereocenters. The summed E-state index contributed by atoms with van der Waals surface area (Å²) in [6.07, 6.45) is 0. The van der Waals surface area contributed by atoms with Gasteiger partial charge in [-0.1, -0.05) is 78.9 Å². The Morgan fingerprint density at radius 2 is 0.953 bits per heavy atom. The Bertz CT molecular complexity index is 2180. The number of aromatic nitrogens is 3. The summed E-state index contributed by atoms with van der Waals surface area (Å²) in [4.78, 5) is 12.0. The molecule has 2 heterocycles. The quantitative estimate of drug-likeness (QED) is 0.213. The van der Waals surface area contributed by atoms with Crippen LogP contribution in [0.1, 0.15) is 5.69 Å². The number of hydrogen-bond acceptors (Lipinski definition) is 3. The van der Waals surface area contributed by atoms with Gasteiger partial charge in [0.2, 0.25) is 0 Å². The largest absolute Gasteiger partial charge is 0.311 e. The van der Waals surface area contributed by atoms with Crippen LogP contribution in [-0.2, 0) is 0 Å². The Kier molecular flexibility index (Phi) is 5.97. The molecular weight excluding hydrogens is 524 g/mol. The van der Waals surface area contributed by atoms with E-state index < -0.39 is 0 Å². The van der Waals surface area contributed by atoms with Gasteiger partial charge in [-0.2, -0.15) is 0 Å². The van der Waals surface area contributed by atoms with Crippen molar-refractivity contribution in [3.05, 3.63) is 157 Å². The molecule has 0 saturated heterocycles. The third-order valence-electron chi connectivity index (χ3n) is 8.10. The maximum atomic E-state index is 4.93. The smallest absolute Gasteiger partial charge is 0.0922 e. The van der Waals surface area contributed by atoms with E-state index in [2.05, 4.69) is 137 Å². The molecule has 0 fully saturated rings. The fourth-order valence-corrected chi connectivity index (χ4v) is 6.11. The van der Waals surface area contributed by atoms with Crippen molar-refractivity contribution in [3.8, 4) is 16.9 Å². The minimum absolute atomic E-state index is 0.904. The van der Waals surface area contributed by atoms with Crippen LogP contribution in [-0.4, -0.2) is 14.5 Å². The van der Waals surface area contributed by atoms with Crippen molar-refractivity contribution in [1.82, 2.24) is 14.5 Å². The number of fused-ring (bicyclic) bond motifs is 4. The Morgan fingerprint density at radius 1 is 0.465 bits per heavy atom. The van der Waals surface area contributed by atoms with Crippen LogP contribution >= 0.6 is 0 Å². The summed E-state index contributed by atoms with van der Waals surface area (Å²) >= 11 is 0. The van der Waals surface area contributed by atoms with Crippen LogP contribution < -0.4 is 4.90 Å². The lowest BCUT2D eigenvalue weighted by atomic mass is 10.1. The minimum Gasteiger partial charge on any atom is -0.311 e. The number of aryl methyl sites for hydroxylation is 1. The molecular formula is C39H28N4. The first-order valence-electron chi connectivity index (χ1n) is 14.5. The van der Waals surface area contributed by atoms with E-state index in [1.807, 2.05) is 31.2 Å². The minimum atomic E-state index is 0.904. The van der Waals surface area contributed by atoms with Gasteiger partial charge in [-0.15, -0.1) is 0 Å². The number of anilines is 3. The van der Waals surface area contributed by atoms with Crippen molar-refractivity contribution in [2.45, 2.75) is 6.92 Å². The van der Waals surface area contributed by atoms with Crippen molar-refractivity contribution < 1.29 is 0 Å². The second kappa shape index (κ2) is 10.3. The average Bonchev–Trinajstić information content (AvgIpc) is 3.40. The molecule has 0 aliphatic rings. The third-order valence-corrected chi connectivity index (χ3v) is 8.10. The highest BCUT2D eigenvalue weighted by Gasteiger charge is 2.16. The van der Waals surface area contributed by atoms with E-state index in [9.17, 15) is 0 Å². The molecule has 0 radical (unpaired) electrons. The molecule has 204 valence electrons. The van der Waals surface area contributed by atoms with Gasteiger partial charge in [0, 0.05) is 39.1 Å². The summed E-state index contributed by atoms with van der Waals surface area (Å²) < 4.78 is 2.35. The SMILES string of the molecule is Cc1nc2ccccc2nc1-c1ccc(N(c2ccccc2)c2ccc(-n3c4ccccc4c4ccccc43)cc2)cc1. The van der Waals surface area contributed by atoms with Gasteiger partial charge in [0.05, 0.1) is 33.5 Å². The molecule has 8 rings (SSSR count). The van der Waals surface area contributed by atoms with Gasteiger partial charge in [0.15, 0.2) is 0 Å². The molecule has 0 aliphatic carbocycles. The highest BCUT2D eigenvalue weighted by molar-refractivity contribution is 6.09. The summed E-state index contributed by atoms with van der Waals surface area (Å²) in [7, 11) is 0. The Labute approximate surface area is 250 Å². The fourth-order valence-electron chi connectivity index (χ4n) is 6.11. The van der Waals surface area contributed by atoms with Crippen molar-refractivity contribution in [1.29, 1.82) is 0 Å². The predicted molar refractivity (Wildman–Crippen MR) is 179 cm³/mol.